The molecule has 0 saturated heterocycles. The molecule has 0 saturated carbocycles. The first-order valence-electron chi connectivity index (χ1n) is 6.53. The van der Waals surface area contributed by atoms with Gasteiger partial charge in [-0.3, -0.25) is 0 Å². The third-order valence-electron chi connectivity index (χ3n) is 3.32. The van der Waals surface area contributed by atoms with Crippen LogP contribution in [0.4, 0.5) is 10.1 Å². The van der Waals surface area contributed by atoms with Crippen molar-refractivity contribution in [3.8, 4) is 5.75 Å². The maximum absolute atomic E-state index is 13.5. The Balaban J connectivity index is 2.32. The molecule has 0 fully saturated rings. The first-order chi connectivity index (χ1) is 9.52. The number of para-hydroxylation sites is 1. The van der Waals surface area contributed by atoms with Gasteiger partial charge in [-0.2, -0.15) is 0 Å². The third-order valence-corrected chi connectivity index (χ3v) is 3.93. The van der Waals surface area contributed by atoms with Crippen molar-refractivity contribution in [2.24, 2.45) is 0 Å². The minimum atomic E-state index is -0.274. The molecule has 0 heterocycles. The van der Waals surface area contributed by atoms with Crippen LogP contribution in [0.2, 0.25) is 0 Å². The van der Waals surface area contributed by atoms with Gasteiger partial charge in [0.05, 0.1) is 10.5 Å². The van der Waals surface area contributed by atoms with Gasteiger partial charge in [0, 0.05) is 11.3 Å². The monoisotopic (exact) mass is 337 g/mol. The Labute approximate surface area is 126 Å². The predicted octanol–water partition coefficient (Wildman–Crippen LogP) is 5.17. The largest absolute Gasteiger partial charge is 0.508 e. The smallest absolute Gasteiger partial charge is 0.137 e. The molecule has 2 nitrogen and oxygen atoms in total. The summed E-state index contributed by atoms with van der Waals surface area (Å²) in [7, 11) is 0. The topological polar surface area (TPSA) is 32.3 Å². The molecule has 0 aliphatic rings. The fourth-order valence-corrected chi connectivity index (χ4v) is 2.51. The molecule has 0 aliphatic carbocycles. The third kappa shape index (κ3) is 3.12. The molecule has 2 aromatic rings. The molecule has 1 atom stereocenters. The molecular formula is C16H17BrFNO. The number of phenolic OH excluding ortho intramolecular Hbond substituents is 1. The molecule has 4 heteroatoms. The molecule has 2 aromatic carbocycles. The number of aryl methyl sites for hydroxylation is 1. The lowest BCUT2D eigenvalue weighted by molar-refractivity contribution is 0.462. The zero-order chi connectivity index (χ0) is 14.7. The van der Waals surface area contributed by atoms with Crippen LogP contribution in [0, 0.1) is 12.7 Å². The molecule has 2 N–H and O–H groups in total. The van der Waals surface area contributed by atoms with E-state index >= 15 is 0 Å². The maximum Gasteiger partial charge on any atom is 0.137 e. The van der Waals surface area contributed by atoms with Gasteiger partial charge in [0.15, 0.2) is 0 Å². The van der Waals surface area contributed by atoms with Gasteiger partial charge < -0.3 is 10.4 Å². The Kier molecular flexibility index (Phi) is 4.65. The van der Waals surface area contributed by atoms with E-state index in [-0.39, 0.29) is 17.6 Å². The summed E-state index contributed by atoms with van der Waals surface area (Å²) in [5, 5.41) is 13.3. The molecule has 0 radical (unpaired) electrons. The van der Waals surface area contributed by atoms with Crippen molar-refractivity contribution in [1.29, 1.82) is 0 Å². The van der Waals surface area contributed by atoms with E-state index in [9.17, 15) is 9.50 Å². The SMILES string of the molecule is CCC(Nc1cc(Br)c(F)cc1C)c1ccccc1O. The molecule has 0 bridgehead atoms. The Morgan fingerprint density at radius 1 is 1.30 bits per heavy atom. The summed E-state index contributed by atoms with van der Waals surface area (Å²) >= 11 is 3.20. The van der Waals surface area contributed by atoms with Crippen molar-refractivity contribution in [3.05, 3.63) is 57.8 Å². The highest BCUT2D eigenvalue weighted by Gasteiger charge is 2.15. The van der Waals surface area contributed by atoms with E-state index in [1.807, 2.05) is 26.0 Å². The van der Waals surface area contributed by atoms with Crippen molar-refractivity contribution >= 4 is 21.6 Å². The molecule has 0 spiro atoms. The molecule has 0 aromatic heterocycles. The van der Waals surface area contributed by atoms with Gasteiger partial charge in [-0.05, 0) is 53.0 Å². The van der Waals surface area contributed by atoms with Crippen molar-refractivity contribution in [2.45, 2.75) is 26.3 Å². The van der Waals surface area contributed by atoms with Crippen LogP contribution in [0.15, 0.2) is 40.9 Å². The molecule has 0 aliphatic heterocycles. The quantitative estimate of drug-likeness (QED) is 0.806. The minimum absolute atomic E-state index is 0.0211. The first kappa shape index (κ1) is 14.9. The van der Waals surface area contributed by atoms with Crippen LogP contribution in [-0.4, -0.2) is 5.11 Å². The maximum atomic E-state index is 13.5. The minimum Gasteiger partial charge on any atom is -0.508 e. The highest BCUT2D eigenvalue weighted by Crippen LogP contribution is 2.32. The van der Waals surface area contributed by atoms with Crippen LogP contribution in [0.3, 0.4) is 0 Å². The number of phenols is 1. The second-order valence-electron chi connectivity index (χ2n) is 4.75. The van der Waals surface area contributed by atoms with Crippen molar-refractivity contribution in [1.82, 2.24) is 0 Å². The number of halogens is 2. The summed E-state index contributed by atoms with van der Waals surface area (Å²) in [6.07, 6.45) is 0.812. The van der Waals surface area contributed by atoms with Crippen LogP contribution in [0.5, 0.6) is 5.75 Å². The lowest BCUT2D eigenvalue weighted by Gasteiger charge is -2.21. The van der Waals surface area contributed by atoms with Crippen LogP contribution in [-0.2, 0) is 0 Å². The average Bonchev–Trinajstić information content (AvgIpc) is 2.42. The fraction of sp³-hybridized carbons (Fsp3) is 0.250. The Morgan fingerprint density at radius 2 is 2.00 bits per heavy atom. The first-order valence-corrected chi connectivity index (χ1v) is 7.32. The standard InChI is InChI=1S/C16H17BrFNO/c1-3-14(11-6-4-5-7-16(11)20)19-15-9-12(17)13(18)8-10(15)2/h4-9,14,19-20H,3H2,1-2H3. The van der Waals surface area contributed by atoms with Crippen LogP contribution < -0.4 is 5.32 Å². The second-order valence-corrected chi connectivity index (χ2v) is 5.60. The van der Waals surface area contributed by atoms with Gasteiger partial charge in [0.1, 0.15) is 11.6 Å². The number of nitrogens with one attached hydrogen (secondary N) is 1. The molecule has 0 amide bonds. The average molecular weight is 338 g/mol. The lowest BCUT2D eigenvalue weighted by Crippen LogP contribution is -2.11. The molecule has 2 rings (SSSR count). The van der Waals surface area contributed by atoms with Gasteiger partial charge in [-0.1, -0.05) is 25.1 Å². The van der Waals surface area contributed by atoms with Crippen molar-refractivity contribution in [3.63, 3.8) is 0 Å². The molecule has 20 heavy (non-hydrogen) atoms. The Morgan fingerprint density at radius 3 is 2.65 bits per heavy atom. The summed E-state index contributed by atoms with van der Waals surface area (Å²) in [5.41, 5.74) is 2.53. The Bertz CT molecular complexity index is 615. The van der Waals surface area contributed by atoms with Crippen LogP contribution in [0.1, 0.15) is 30.5 Å². The number of benzene rings is 2. The summed E-state index contributed by atoms with van der Waals surface area (Å²) in [4.78, 5) is 0. The molecule has 106 valence electrons. The number of hydrogen-bond acceptors (Lipinski definition) is 2. The van der Waals surface area contributed by atoms with Crippen molar-refractivity contribution < 1.29 is 9.50 Å². The van der Waals surface area contributed by atoms with E-state index in [4.69, 9.17) is 0 Å². The summed E-state index contributed by atoms with van der Waals surface area (Å²) in [6, 6.07) is 10.5. The molecule has 1 unspecified atom stereocenters. The van der Waals surface area contributed by atoms with Gasteiger partial charge in [-0.15, -0.1) is 0 Å². The number of aromatic hydroxyl groups is 1. The van der Waals surface area contributed by atoms with Crippen LogP contribution in [0.25, 0.3) is 0 Å². The van der Waals surface area contributed by atoms with E-state index < -0.39 is 0 Å². The highest BCUT2D eigenvalue weighted by atomic mass is 79.9. The number of anilines is 1. The summed E-state index contributed by atoms with van der Waals surface area (Å²) in [6.45, 7) is 3.90. The second kappa shape index (κ2) is 6.27. The summed E-state index contributed by atoms with van der Waals surface area (Å²) < 4.78 is 13.9. The predicted molar refractivity (Wildman–Crippen MR) is 83.6 cm³/mol. The van der Waals surface area contributed by atoms with E-state index in [1.165, 1.54) is 6.07 Å². The van der Waals surface area contributed by atoms with E-state index in [1.54, 1.807) is 18.2 Å². The van der Waals surface area contributed by atoms with Gasteiger partial charge in [-0.25, -0.2) is 4.39 Å². The lowest BCUT2D eigenvalue weighted by atomic mass is 10.0. The summed E-state index contributed by atoms with van der Waals surface area (Å²) in [5.74, 6) is -0.00524. The van der Waals surface area contributed by atoms with Gasteiger partial charge >= 0.3 is 0 Å². The van der Waals surface area contributed by atoms with Gasteiger partial charge in [0.2, 0.25) is 0 Å². The van der Waals surface area contributed by atoms with Crippen molar-refractivity contribution in [2.75, 3.05) is 5.32 Å². The fourth-order valence-electron chi connectivity index (χ4n) is 2.17. The number of hydrogen-bond donors (Lipinski definition) is 2. The zero-order valence-electron chi connectivity index (χ0n) is 11.5. The normalized spacial score (nSPS) is 12.2. The number of rotatable bonds is 4. The van der Waals surface area contributed by atoms with E-state index in [2.05, 4.69) is 21.2 Å². The van der Waals surface area contributed by atoms with Crippen LogP contribution >= 0.6 is 15.9 Å². The Hall–Kier alpha value is -1.55. The zero-order valence-corrected chi connectivity index (χ0v) is 13.0. The van der Waals surface area contributed by atoms with E-state index in [0.717, 1.165) is 23.2 Å². The van der Waals surface area contributed by atoms with E-state index in [0.29, 0.717) is 4.47 Å². The van der Waals surface area contributed by atoms with Gasteiger partial charge in [0.25, 0.3) is 0 Å². The molecular weight excluding hydrogens is 321 g/mol. The highest BCUT2D eigenvalue weighted by molar-refractivity contribution is 9.10.